The normalized spacial score (nSPS) is 15.8. The summed E-state index contributed by atoms with van der Waals surface area (Å²) in [5, 5.41) is 3.09. The van der Waals surface area contributed by atoms with Gasteiger partial charge in [0, 0.05) is 17.6 Å². The molecule has 0 N–H and O–H groups in total. The minimum atomic E-state index is -0.667. The number of benzene rings is 1. The number of hydrogen-bond donors (Lipinski definition) is 0. The van der Waals surface area contributed by atoms with E-state index in [4.69, 9.17) is 14.2 Å². The van der Waals surface area contributed by atoms with Crippen molar-refractivity contribution in [3.8, 4) is 17.0 Å². The summed E-state index contributed by atoms with van der Waals surface area (Å²) in [5.74, 6) is -0.198. The van der Waals surface area contributed by atoms with Crippen LogP contribution in [0.2, 0.25) is 0 Å². The van der Waals surface area contributed by atoms with Crippen LogP contribution < -0.4 is 9.64 Å². The molecule has 1 aromatic carbocycles. The quantitative estimate of drug-likeness (QED) is 0.458. The summed E-state index contributed by atoms with van der Waals surface area (Å²) >= 11 is 1.62. The minimum Gasteiger partial charge on any atom is -0.479 e. The van der Waals surface area contributed by atoms with Gasteiger partial charge in [0.2, 0.25) is 0 Å². The molecule has 0 aliphatic carbocycles. The molecule has 2 aromatic rings. The molecule has 156 valence electrons. The highest BCUT2D eigenvalue weighted by atomic mass is 32.1. The average molecular weight is 419 g/mol. The van der Waals surface area contributed by atoms with Crippen molar-refractivity contribution in [3.05, 3.63) is 28.6 Å². The molecular formula is C21H26N2O5S. The first-order chi connectivity index (χ1) is 14.0. The fourth-order valence-electron chi connectivity index (χ4n) is 3.04. The lowest BCUT2D eigenvalue weighted by Gasteiger charge is -2.32. The number of hydrogen-bond acceptors (Lipinski definition) is 7. The largest absolute Gasteiger partial charge is 0.479 e. The SMILES string of the molecule is CCCc1nc(-c2ccc3c(c2)N(CC(=O)OCCOCC)C(=O)C(C)O3)cs1. The fraction of sp³-hybridized carbons (Fsp3) is 0.476. The summed E-state index contributed by atoms with van der Waals surface area (Å²) in [7, 11) is 0. The van der Waals surface area contributed by atoms with E-state index in [0.717, 1.165) is 29.1 Å². The van der Waals surface area contributed by atoms with Crippen LogP contribution in [0.5, 0.6) is 5.75 Å². The lowest BCUT2D eigenvalue weighted by Crippen LogP contribution is -2.47. The number of fused-ring (bicyclic) bond motifs is 1. The van der Waals surface area contributed by atoms with Gasteiger partial charge in [0.15, 0.2) is 6.10 Å². The van der Waals surface area contributed by atoms with Gasteiger partial charge in [0.05, 0.1) is 23.0 Å². The van der Waals surface area contributed by atoms with E-state index in [1.165, 1.54) is 4.90 Å². The number of aromatic nitrogens is 1. The second-order valence-electron chi connectivity index (χ2n) is 6.66. The predicted molar refractivity (Wildman–Crippen MR) is 111 cm³/mol. The maximum absolute atomic E-state index is 12.7. The van der Waals surface area contributed by atoms with Crippen molar-refractivity contribution in [2.24, 2.45) is 0 Å². The summed E-state index contributed by atoms with van der Waals surface area (Å²) in [6, 6.07) is 5.59. The Balaban J connectivity index is 1.81. The molecule has 1 unspecified atom stereocenters. The van der Waals surface area contributed by atoms with Crippen LogP contribution in [0, 0.1) is 0 Å². The number of ether oxygens (including phenoxy) is 3. The van der Waals surface area contributed by atoms with Gasteiger partial charge in [0.25, 0.3) is 5.91 Å². The van der Waals surface area contributed by atoms with Crippen LogP contribution in [-0.4, -0.2) is 49.3 Å². The van der Waals surface area contributed by atoms with E-state index < -0.39 is 12.1 Å². The van der Waals surface area contributed by atoms with Gasteiger partial charge in [-0.2, -0.15) is 0 Å². The number of carbonyl (C=O) groups excluding carboxylic acids is 2. The number of carbonyl (C=O) groups is 2. The number of esters is 1. The summed E-state index contributed by atoms with van der Waals surface area (Å²) in [4.78, 5) is 31.0. The van der Waals surface area contributed by atoms with E-state index in [0.29, 0.717) is 24.7 Å². The third-order valence-corrected chi connectivity index (χ3v) is 5.37. The first-order valence-electron chi connectivity index (χ1n) is 9.83. The number of thiazole rings is 1. The van der Waals surface area contributed by atoms with E-state index in [1.807, 2.05) is 30.5 Å². The molecular weight excluding hydrogens is 392 g/mol. The van der Waals surface area contributed by atoms with Crippen molar-refractivity contribution in [1.29, 1.82) is 0 Å². The fourth-order valence-corrected chi connectivity index (χ4v) is 3.94. The zero-order valence-electron chi connectivity index (χ0n) is 17.0. The van der Waals surface area contributed by atoms with E-state index in [1.54, 1.807) is 18.3 Å². The molecule has 0 spiro atoms. The zero-order valence-corrected chi connectivity index (χ0v) is 17.8. The highest BCUT2D eigenvalue weighted by Crippen LogP contribution is 2.37. The Bertz CT molecular complexity index is 867. The number of aryl methyl sites for hydroxylation is 1. The number of rotatable bonds is 9. The third-order valence-electron chi connectivity index (χ3n) is 4.46. The van der Waals surface area contributed by atoms with Gasteiger partial charge in [-0.05, 0) is 44.9 Å². The Morgan fingerprint density at radius 2 is 2.14 bits per heavy atom. The topological polar surface area (TPSA) is 78.0 Å². The standard InChI is InChI=1S/C21H26N2O5S/c1-4-6-19-22-16(13-29-19)15-7-8-18-17(11-15)23(21(25)14(3)28-18)12-20(24)27-10-9-26-5-2/h7-8,11,13-14H,4-6,9-10,12H2,1-3H3. The first kappa shape index (κ1) is 21.3. The first-order valence-corrected chi connectivity index (χ1v) is 10.7. The molecule has 1 aromatic heterocycles. The highest BCUT2D eigenvalue weighted by molar-refractivity contribution is 7.09. The van der Waals surface area contributed by atoms with Crippen molar-refractivity contribution in [3.63, 3.8) is 0 Å². The molecule has 29 heavy (non-hydrogen) atoms. The Morgan fingerprint density at radius 3 is 2.90 bits per heavy atom. The molecule has 0 saturated carbocycles. The molecule has 1 aliphatic rings. The van der Waals surface area contributed by atoms with E-state index in [9.17, 15) is 9.59 Å². The van der Waals surface area contributed by atoms with Gasteiger partial charge in [-0.15, -0.1) is 11.3 Å². The Kier molecular flexibility index (Phi) is 7.22. The lowest BCUT2D eigenvalue weighted by molar-refractivity contribution is -0.144. The minimum absolute atomic E-state index is 0.159. The number of anilines is 1. The average Bonchev–Trinajstić information content (AvgIpc) is 3.17. The van der Waals surface area contributed by atoms with Crippen LogP contribution in [0.4, 0.5) is 5.69 Å². The molecule has 0 bridgehead atoms. The molecule has 2 heterocycles. The van der Waals surface area contributed by atoms with Gasteiger partial charge in [0.1, 0.15) is 18.9 Å². The number of amides is 1. The monoisotopic (exact) mass is 418 g/mol. The lowest BCUT2D eigenvalue weighted by atomic mass is 10.1. The highest BCUT2D eigenvalue weighted by Gasteiger charge is 2.33. The maximum atomic E-state index is 12.7. The summed E-state index contributed by atoms with van der Waals surface area (Å²) in [6.45, 7) is 6.54. The van der Waals surface area contributed by atoms with Crippen molar-refractivity contribution in [2.45, 2.75) is 39.7 Å². The summed E-state index contributed by atoms with van der Waals surface area (Å²) in [5.41, 5.74) is 2.28. The van der Waals surface area contributed by atoms with Crippen molar-refractivity contribution in [1.82, 2.24) is 4.98 Å². The van der Waals surface area contributed by atoms with Crippen LogP contribution in [0.15, 0.2) is 23.6 Å². The second-order valence-corrected chi connectivity index (χ2v) is 7.60. The molecule has 0 saturated heterocycles. The van der Waals surface area contributed by atoms with Gasteiger partial charge in [-0.1, -0.05) is 6.92 Å². The van der Waals surface area contributed by atoms with Crippen LogP contribution in [-0.2, 0) is 25.5 Å². The summed E-state index contributed by atoms with van der Waals surface area (Å²) in [6.07, 6.45) is 1.31. The Labute approximate surface area is 174 Å². The summed E-state index contributed by atoms with van der Waals surface area (Å²) < 4.78 is 16.1. The molecule has 1 atom stereocenters. The van der Waals surface area contributed by atoms with Crippen LogP contribution >= 0.6 is 11.3 Å². The Hall–Kier alpha value is -2.45. The van der Waals surface area contributed by atoms with Crippen molar-refractivity contribution < 1.29 is 23.8 Å². The van der Waals surface area contributed by atoms with Crippen LogP contribution in [0.3, 0.4) is 0 Å². The van der Waals surface area contributed by atoms with E-state index >= 15 is 0 Å². The Morgan fingerprint density at radius 1 is 1.31 bits per heavy atom. The van der Waals surface area contributed by atoms with Crippen molar-refractivity contribution >= 4 is 28.9 Å². The van der Waals surface area contributed by atoms with Crippen LogP contribution in [0.25, 0.3) is 11.3 Å². The van der Waals surface area contributed by atoms with Gasteiger partial charge in [-0.3, -0.25) is 14.5 Å². The molecule has 0 radical (unpaired) electrons. The maximum Gasteiger partial charge on any atom is 0.326 e. The van der Waals surface area contributed by atoms with Gasteiger partial charge >= 0.3 is 5.97 Å². The number of nitrogens with zero attached hydrogens (tertiary/aromatic N) is 2. The van der Waals surface area contributed by atoms with Crippen molar-refractivity contribution in [2.75, 3.05) is 31.3 Å². The molecule has 7 nitrogen and oxygen atoms in total. The zero-order chi connectivity index (χ0) is 20.8. The predicted octanol–water partition coefficient (Wildman–Crippen LogP) is 3.46. The molecule has 8 heteroatoms. The molecule has 3 rings (SSSR count). The molecule has 1 aliphatic heterocycles. The molecule has 0 fully saturated rings. The second kappa shape index (κ2) is 9.84. The third kappa shape index (κ3) is 5.13. The van der Waals surface area contributed by atoms with Crippen LogP contribution in [0.1, 0.15) is 32.2 Å². The van der Waals surface area contributed by atoms with Gasteiger partial charge < -0.3 is 14.2 Å². The van der Waals surface area contributed by atoms with E-state index in [2.05, 4.69) is 11.9 Å². The van der Waals surface area contributed by atoms with Gasteiger partial charge in [-0.25, -0.2) is 4.98 Å². The molecule has 1 amide bonds. The smallest absolute Gasteiger partial charge is 0.326 e. The van der Waals surface area contributed by atoms with E-state index in [-0.39, 0.29) is 19.1 Å².